The van der Waals surface area contributed by atoms with Crippen LogP contribution in [0.3, 0.4) is 0 Å². The van der Waals surface area contributed by atoms with Crippen molar-refractivity contribution in [2.24, 2.45) is 0 Å². The molecule has 0 radical (unpaired) electrons. The van der Waals surface area contributed by atoms with Gasteiger partial charge >= 0.3 is 6.09 Å². The molecule has 1 rings (SSSR count). The van der Waals surface area contributed by atoms with Crippen molar-refractivity contribution in [1.82, 2.24) is 10.6 Å². The predicted molar refractivity (Wildman–Crippen MR) is 36.8 cm³/mol. The zero-order chi connectivity index (χ0) is 7.40. The third kappa shape index (κ3) is 1.88. The Balaban J connectivity index is 2.05. The largest absolute Gasteiger partial charge is 0.450 e. The second-order valence-electron chi connectivity index (χ2n) is 2.22. The molecule has 1 fully saturated rings. The first-order valence-electron chi connectivity index (χ1n) is 3.47. The maximum atomic E-state index is 10.7. The van der Waals surface area contributed by atoms with Gasteiger partial charge in [0.25, 0.3) is 0 Å². The van der Waals surface area contributed by atoms with Gasteiger partial charge in [-0.15, -0.1) is 0 Å². The van der Waals surface area contributed by atoms with Crippen LogP contribution in [0.1, 0.15) is 6.92 Å². The van der Waals surface area contributed by atoms with Gasteiger partial charge in [0.1, 0.15) is 0 Å². The summed E-state index contributed by atoms with van der Waals surface area (Å²) in [6.07, 6.45) is -0.311. The number of ether oxygens (including phenoxy) is 1. The molecular formula is C6H12N2O2. The fourth-order valence-corrected chi connectivity index (χ4v) is 0.730. The van der Waals surface area contributed by atoms with Crippen LogP contribution in [0.15, 0.2) is 0 Å². The summed E-state index contributed by atoms with van der Waals surface area (Å²) in [5.74, 6) is 0. The molecule has 2 N–H and O–H groups in total. The Morgan fingerprint density at radius 2 is 2.50 bits per heavy atom. The number of alkyl carbamates (subject to hydrolysis) is 1. The van der Waals surface area contributed by atoms with Gasteiger partial charge in [-0.1, -0.05) is 0 Å². The van der Waals surface area contributed by atoms with Gasteiger partial charge in [-0.2, -0.15) is 0 Å². The third-order valence-corrected chi connectivity index (χ3v) is 1.38. The maximum Gasteiger partial charge on any atom is 0.407 e. The molecule has 0 bridgehead atoms. The van der Waals surface area contributed by atoms with Crippen LogP contribution in [-0.4, -0.2) is 31.8 Å². The summed E-state index contributed by atoms with van der Waals surface area (Å²) < 4.78 is 4.67. The Kier molecular flexibility index (Phi) is 2.50. The van der Waals surface area contributed by atoms with E-state index < -0.39 is 0 Å². The van der Waals surface area contributed by atoms with Crippen molar-refractivity contribution in [3.05, 3.63) is 0 Å². The van der Waals surface area contributed by atoms with Crippen LogP contribution < -0.4 is 10.6 Å². The van der Waals surface area contributed by atoms with Crippen LogP contribution in [0.25, 0.3) is 0 Å². The number of amides is 1. The highest BCUT2D eigenvalue weighted by atomic mass is 16.5. The topological polar surface area (TPSA) is 50.4 Å². The Morgan fingerprint density at radius 3 is 2.90 bits per heavy atom. The molecule has 58 valence electrons. The molecule has 1 heterocycles. The van der Waals surface area contributed by atoms with Crippen LogP contribution in [0.4, 0.5) is 4.79 Å². The molecule has 0 aromatic rings. The van der Waals surface area contributed by atoms with Crippen molar-refractivity contribution in [2.45, 2.75) is 13.0 Å². The van der Waals surface area contributed by atoms with E-state index in [2.05, 4.69) is 15.4 Å². The van der Waals surface area contributed by atoms with Crippen LogP contribution >= 0.6 is 0 Å². The molecule has 10 heavy (non-hydrogen) atoms. The highest BCUT2D eigenvalue weighted by Gasteiger charge is 2.18. The highest BCUT2D eigenvalue weighted by Crippen LogP contribution is 1.90. The molecule has 0 aromatic heterocycles. The van der Waals surface area contributed by atoms with Crippen molar-refractivity contribution >= 4 is 6.09 Å². The number of carbonyl (C=O) groups excluding carboxylic acids is 1. The number of rotatable bonds is 2. The summed E-state index contributed by atoms with van der Waals surface area (Å²) >= 11 is 0. The lowest BCUT2D eigenvalue weighted by Crippen LogP contribution is -2.57. The summed E-state index contributed by atoms with van der Waals surface area (Å²) in [6.45, 7) is 3.95. The van der Waals surface area contributed by atoms with Crippen molar-refractivity contribution in [1.29, 1.82) is 0 Å². The van der Waals surface area contributed by atoms with Crippen LogP contribution in [0.2, 0.25) is 0 Å². The lowest BCUT2D eigenvalue weighted by molar-refractivity contribution is 0.144. The van der Waals surface area contributed by atoms with E-state index in [1.165, 1.54) is 0 Å². The van der Waals surface area contributed by atoms with E-state index in [1.54, 1.807) is 6.92 Å². The first-order chi connectivity index (χ1) is 4.83. The van der Waals surface area contributed by atoms with E-state index in [-0.39, 0.29) is 12.1 Å². The lowest BCUT2D eigenvalue weighted by Gasteiger charge is -2.27. The molecule has 4 heteroatoms. The molecular weight excluding hydrogens is 132 g/mol. The molecule has 0 aromatic carbocycles. The van der Waals surface area contributed by atoms with Crippen molar-refractivity contribution in [3.8, 4) is 0 Å². The molecule has 0 aliphatic carbocycles. The summed E-state index contributed by atoms with van der Waals surface area (Å²) in [5, 5.41) is 5.73. The third-order valence-electron chi connectivity index (χ3n) is 1.38. The van der Waals surface area contributed by atoms with Gasteiger partial charge in [-0.3, -0.25) is 0 Å². The molecule has 0 saturated carbocycles. The average Bonchev–Trinajstić information content (AvgIpc) is 1.80. The average molecular weight is 144 g/mol. The van der Waals surface area contributed by atoms with E-state index in [4.69, 9.17) is 0 Å². The first kappa shape index (κ1) is 7.34. The number of carbonyl (C=O) groups is 1. The minimum absolute atomic E-state index is 0.277. The molecule has 0 unspecified atom stereocenters. The van der Waals surface area contributed by atoms with E-state index in [1.807, 2.05) is 0 Å². The van der Waals surface area contributed by atoms with Crippen LogP contribution in [0.5, 0.6) is 0 Å². The molecule has 1 aliphatic rings. The van der Waals surface area contributed by atoms with E-state index in [0.29, 0.717) is 6.61 Å². The van der Waals surface area contributed by atoms with Gasteiger partial charge in [-0.25, -0.2) is 4.79 Å². The van der Waals surface area contributed by atoms with Gasteiger partial charge in [0.15, 0.2) is 0 Å². The summed E-state index contributed by atoms with van der Waals surface area (Å²) in [4.78, 5) is 10.7. The second-order valence-corrected chi connectivity index (χ2v) is 2.22. The minimum atomic E-state index is -0.311. The fraction of sp³-hybridized carbons (Fsp3) is 0.833. The Hall–Kier alpha value is -0.770. The van der Waals surface area contributed by atoms with Gasteiger partial charge in [0, 0.05) is 13.1 Å². The smallest absolute Gasteiger partial charge is 0.407 e. The highest BCUT2D eigenvalue weighted by molar-refractivity contribution is 5.67. The predicted octanol–water partition coefficient (Wildman–Crippen LogP) is -0.296. The number of nitrogens with one attached hydrogen (secondary N) is 2. The van der Waals surface area contributed by atoms with Crippen molar-refractivity contribution in [3.63, 3.8) is 0 Å². The molecule has 1 amide bonds. The monoisotopic (exact) mass is 144 g/mol. The maximum absolute atomic E-state index is 10.7. The number of hydrogen-bond acceptors (Lipinski definition) is 3. The normalized spacial score (nSPS) is 17.7. The van der Waals surface area contributed by atoms with Gasteiger partial charge in [-0.05, 0) is 6.92 Å². The lowest BCUT2D eigenvalue weighted by atomic mass is 10.2. The molecule has 1 aliphatic heterocycles. The van der Waals surface area contributed by atoms with E-state index in [0.717, 1.165) is 13.1 Å². The molecule has 0 spiro atoms. The second kappa shape index (κ2) is 3.41. The SMILES string of the molecule is CCOC(=O)NC1CNC1. The first-order valence-corrected chi connectivity index (χ1v) is 3.47. The Bertz CT molecular complexity index is 123. The molecule has 1 saturated heterocycles. The standard InChI is InChI=1S/C6H12N2O2/c1-2-10-6(9)8-5-3-7-4-5/h5,7H,2-4H2,1H3,(H,8,9). The van der Waals surface area contributed by atoms with E-state index >= 15 is 0 Å². The van der Waals surface area contributed by atoms with Crippen LogP contribution in [0, 0.1) is 0 Å². The Morgan fingerprint density at radius 1 is 1.80 bits per heavy atom. The van der Waals surface area contributed by atoms with Crippen LogP contribution in [-0.2, 0) is 4.74 Å². The summed E-state index contributed by atoms with van der Waals surface area (Å²) in [7, 11) is 0. The van der Waals surface area contributed by atoms with Gasteiger partial charge < -0.3 is 15.4 Å². The zero-order valence-corrected chi connectivity index (χ0v) is 6.02. The number of hydrogen-bond donors (Lipinski definition) is 2. The van der Waals surface area contributed by atoms with Crippen molar-refractivity contribution < 1.29 is 9.53 Å². The van der Waals surface area contributed by atoms with Gasteiger partial charge in [0.05, 0.1) is 12.6 Å². The summed E-state index contributed by atoms with van der Waals surface area (Å²) in [6, 6.07) is 0.277. The fourth-order valence-electron chi connectivity index (χ4n) is 0.730. The summed E-state index contributed by atoms with van der Waals surface area (Å²) in [5.41, 5.74) is 0. The zero-order valence-electron chi connectivity index (χ0n) is 6.02. The Labute approximate surface area is 59.9 Å². The molecule has 0 atom stereocenters. The minimum Gasteiger partial charge on any atom is -0.450 e. The quantitative estimate of drug-likeness (QED) is 0.559. The van der Waals surface area contributed by atoms with Crippen molar-refractivity contribution in [2.75, 3.05) is 19.7 Å². The van der Waals surface area contributed by atoms with Gasteiger partial charge in [0.2, 0.25) is 0 Å². The molecule has 4 nitrogen and oxygen atoms in total. The van der Waals surface area contributed by atoms with E-state index in [9.17, 15) is 4.79 Å².